The Balaban J connectivity index is 2.81. The molecule has 2 atom stereocenters. The average molecular weight is 274 g/mol. The van der Waals surface area contributed by atoms with E-state index in [4.69, 9.17) is 6.42 Å². The van der Waals surface area contributed by atoms with Gasteiger partial charge in [0.15, 0.2) is 0 Å². The Morgan fingerprint density at radius 3 is 2.80 bits per heavy atom. The van der Waals surface area contributed by atoms with Gasteiger partial charge in [-0.05, 0) is 18.9 Å². The summed E-state index contributed by atoms with van der Waals surface area (Å²) < 4.78 is 0. The minimum atomic E-state index is -0.484. The molecule has 20 heavy (non-hydrogen) atoms. The maximum atomic E-state index is 12.1. The second kappa shape index (κ2) is 7.29. The van der Waals surface area contributed by atoms with Crippen LogP contribution in [0.4, 0.5) is 5.69 Å². The Bertz CT molecular complexity index is 534. The van der Waals surface area contributed by atoms with Crippen molar-refractivity contribution in [2.75, 3.05) is 0 Å². The first-order valence-electron chi connectivity index (χ1n) is 6.50. The molecule has 1 amide bonds. The fourth-order valence-electron chi connectivity index (χ4n) is 1.84. The molecular weight excluding hydrogens is 256 g/mol. The van der Waals surface area contributed by atoms with E-state index < -0.39 is 10.8 Å². The van der Waals surface area contributed by atoms with E-state index in [-0.39, 0.29) is 17.6 Å². The summed E-state index contributed by atoms with van der Waals surface area (Å²) in [6, 6.07) is 5.78. The number of rotatable bonds is 6. The third kappa shape index (κ3) is 4.09. The predicted molar refractivity (Wildman–Crippen MR) is 77.2 cm³/mol. The Kier molecular flexibility index (Phi) is 5.73. The molecule has 0 saturated heterocycles. The van der Waals surface area contributed by atoms with Gasteiger partial charge in [0.2, 0.25) is 5.91 Å². The maximum Gasteiger partial charge on any atom is 0.269 e. The van der Waals surface area contributed by atoms with Gasteiger partial charge in [0.1, 0.15) is 0 Å². The normalized spacial score (nSPS) is 13.1. The zero-order chi connectivity index (χ0) is 15.1. The molecule has 0 saturated carbocycles. The van der Waals surface area contributed by atoms with Crippen LogP contribution in [0.25, 0.3) is 0 Å². The number of nitrogens with zero attached hydrogens (tertiary/aromatic N) is 1. The van der Waals surface area contributed by atoms with Crippen molar-refractivity contribution in [3.8, 4) is 12.3 Å². The number of benzene rings is 1. The molecule has 0 heterocycles. The quantitative estimate of drug-likeness (QED) is 0.492. The molecule has 0 aliphatic rings. The van der Waals surface area contributed by atoms with Crippen LogP contribution in [0.5, 0.6) is 0 Å². The topological polar surface area (TPSA) is 72.2 Å². The molecule has 1 rings (SSSR count). The lowest BCUT2D eigenvalue weighted by molar-refractivity contribution is -0.384. The number of carbonyl (C=O) groups is 1. The van der Waals surface area contributed by atoms with Crippen molar-refractivity contribution in [1.29, 1.82) is 0 Å². The molecule has 1 aromatic rings. The Morgan fingerprint density at radius 1 is 1.55 bits per heavy atom. The van der Waals surface area contributed by atoms with Gasteiger partial charge in [0, 0.05) is 12.1 Å². The van der Waals surface area contributed by atoms with Gasteiger partial charge in [0.05, 0.1) is 16.9 Å². The number of amides is 1. The van der Waals surface area contributed by atoms with Crippen molar-refractivity contribution in [3.05, 3.63) is 39.9 Å². The third-order valence-corrected chi connectivity index (χ3v) is 3.07. The molecule has 0 aromatic heterocycles. The van der Waals surface area contributed by atoms with Gasteiger partial charge < -0.3 is 5.32 Å². The van der Waals surface area contributed by atoms with Crippen molar-refractivity contribution in [3.63, 3.8) is 0 Å². The highest BCUT2D eigenvalue weighted by Gasteiger charge is 2.19. The summed E-state index contributed by atoms with van der Waals surface area (Å²) in [4.78, 5) is 22.3. The molecular formula is C15H18N2O3. The second-order valence-electron chi connectivity index (χ2n) is 4.59. The number of nitro benzene ring substituents is 1. The minimum absolute atomic E-state index is 0.0239. The van der Waals surface area contributed by atoms with Crippen LogP contribution in [-0.2, 0) is 4.79 Å². The van der Waals surface area contributed by atoms with Crippen molar-refractivity contribution in [2.24, 2.45) is 0 Å². The molecule has 0 fully saturated rings. The highest BCUT2D eigenvalue weighted by atomic mass is 16.6. The summed E-state index contributed by atoms with van der Waals surface area (Å²) >= 11 is 0. The van der Waals surface area contributed by atoms with E-state index in [1.54, 1.807) is 19.1 Å². The summed E-state index contributed by atoms with van der Waals surface area (Å²) in [5.74, 6) is 1.83. The molecule has 1 aromatic carbocycles. The highest BCUT2D eigenvalue weighted by Crippen LogP contribution is 2.21. The summed E-state index contributed by atoms with van der Waals surface area (Å²) in [6.07, 6.45) is 6.94. The van der Waals surface area contributed by atoms with Gasteiger partial charge in [-0.15, -0.1) is 6.42 Å². The molecule has 0 bridgehead atoms. The highest BCUT2D eigenvalue weighted by molar-refractivity contribution is 5.83. The number of hydrogen-bond donors (Lipinski definition) is 1. The van der Waals surface area contributed by atoms with Crippen molar-refractivity contribution in [1.82, 2.24) is 5.32 Å². The molecule has 5 heteroatoms. The van der Waals surface area contributed by atoms with Crippen LogP contribution in [0.15, 0.2) is 24.3 Å². The molecule has 0 aliphatic heterocycles. The fraction of sp³-hybridized carbons (Fsp3) is 0.400. The van der Waals surface area contributed by atoms with Gasteiger partial charge in [-0.3, -0.25) is 14.9 Å². The van der Waals surface area contributed by atoms with Crippen molar-refractivity contribution >= 4 is 11.6 Å². The number of nitrogens with one attached hydrogen (secondary N) is 1. The first kappa shape index (κ1) is 15.7. The number of hydrogen-bond acceptors (Lipinski definition) is 3. The molecule has 0 spiro atoms. The molecule has 5 nitrogen and oxygen atoms in total. The third-order valence-electron chi connectivity index (χ3n) is 3.07. The first-order chi connectivity index (χ1) is 9.49. The number of terminal acetylenes is 1. The summed E-state index contributed by atoms with van der Waals surface area (Å²) in [5.41, 5.74) is 0.577. The van der Waals surface area contributed by atoms with E-state index in [1.165, 1.54) is 12.1 Å². The van der Waals surface area contributed by atoms with Crippen molar-refractivity contribution < 1.29 is 9.72 Å². The average Bonchev–Trinajstić information content (AvgIpc) is 2.45. The molecule has 0 radical (unpaired) electrons. The van der Waals surface area contributed by atoms with Crippen LogP contribution in [-0.4, -0.2) is 16.9 Å². The number of carbonyl (C=O) groups excluding carboxylic acids is 1. The standard InChI is InChI=1S/C15H18N2O3/c1-4-7-13(5-2)16-15(18)11(3)12-8-6-9-14(10-12)17(19)20/h2,6,8-11,13H,4,7H2,1,3H3,(H,16,18). The van der Waals surface area contributed by atoms with Crippen LogP contribution in [0.1, 0.15) is 38.2 Å². The van der Waals surface area contributed by atoms with Gasteiger partial charge >= 0.3 is 0 Å². The zero-order valence-corrected chi connectivity index (χ0v) is 11.6. The molecule has 106 valence electrons. The lowest BCUT2D eigenvalue weighted by atomic mass is 9.99. The van der Waals surface area contributed by atoms with Crippen molar-refractivity contribution in [2.45, 2.75) is 38.6 Å². The lowest BCUT2D eigenvalue weighted by Gasteiger charge is -2.16. The summed E-state index contributed by atoms with van der Waals surface area (Å²) in [5, 5.41) is 13.5. The SMILES string of the molecule is C#CC(CCC)NC(=O)C(C)c1cccc([N+](=O)[O-])c1. The zero-order valence-electron chi connectivity index (χ0n) is 11.6. The van der Waals surface area contributed by atoms with Gasteiger partial charge in [-0.2, -0.15) is 0 Å². The van der Waals surface area contributed by atoms with Crippen LogP contribution in [0, 0.1) is 22.5 Å². The van der Waals surface area contributed by atoms with E-state index in [1.807, 2.05) is 6.92 Å². The Morgan fingerprint density at radius 2 is 2.25 bits per heavy atom. The summed E-state index contributed by atoms with van der Waals surface area (Å²) in [7, 11) is 0. The van der Waals surface area contributed by atoms with E-state index >= 15 is 0 Å². The number of non-ortho nitro benzene ring substituents is 1. The molecule has 1 N–H and O–H groups in total. The lowest BCUT2D eigenvalue weighted by Crippen LogP contribution is -2.36. The van der Waals surface area contributed by atoms with Crippen LogP contribution < -0.4 is 5.32 Å². The summed E-state index contributed by atoms with van der Waals surface area (Å²) in [6.45, 7) is 3.69. The predicted octanol–water partition coefficient (Wildman–Crippen LogP) is 2.62. The van der Waals surface area contributed by atoms with Crippen LogP contribution in [0.2, 0.25) is 0 Å². The molecule has 2 unspecified atom stereocenters. The Labute approximate surface area is 118 Å². The maximum absolute atomic E-state index is 12.1. The number of nitro groups is 1. The Hall–Kier alpha value is -2.35. The second-order valence-corrected chi connectivity index (χ2v) is 4.59. The van der Waals surface area contributed by atoms with Gasteiger partial charge in [-0.25, -0.2) is 0 Å². The monoisotopic (exact) mass is 274 g/mol. The van der Waals surface area contributed by atoms with E-state index in [2.05, 4.69) is 11.2 Å². The largest absolute Gasteiger partial charge is 0.342 e. The minimum Gasteiger partial charge on any atom is -0.342 e. The van der Waals surface area contributed by atoms with Crippen LogP contribution in [0.3, 0.4) is 0 Å². The first-order valence-corrected chi connectivity index (χ1v) is 6.50. The van der Waals surface area contributed by atoms with Gasteiger partial charge in [-0.1, -0.05) is 31.4 Å². The van der Waals surface area contributed by atoms with E-state index in [9.17, 15) is 14.9 Å². The van der Waals surface area contributed by atoms with E-state index in [0.29, 0.717) is 12.0 Å². The van der Waals surface area contributed by atoms with Gasteiger partial charge in [0.25, 0.3) is 5.69 Å². The van der Waals surface area contributed by atoms with Crippen LogP contribution >= 0.6 is 0 Å². The smallest absolute Gasteiger partial charge is 0.269 e. The molecule has 0 aliphatic carbocycles. The fourth-order valence-corrected chi connectivity index (χ4v) is 1.84. The van der Waals surface area contributed by atoms with E-state index in [0.717, 1.165) is 6.42 Å².